The monoisotopic (exact) mass is 416 g/mol. The molecule has 0 amide bonds. The van der Waals surface area contributed by atoms with Crippen LogP contribution < -0.4 is 9.47 Å². The molecule has 3 rings (SSSR count). The molecular formula is C23H32N2O3S. The molecule has 0 bridgehead atoms. The molecular weight excluding hydrogens is 384 g/mol. The van der Waals surface area contributed by atoms with Crippen molar-refractivity contribution in [1.82, 2.24) is 9.80 Å². The van der Waals surface area contributed by atoms with Crippen molar-refractivity contribution in [3.05, 3.63) is 59.7 Å². The molecule has 0 radical (unpaired) electrons. The van der Waals surface area contributed by atoms with Crippen molar-refractivity contribution < 1.29 is 14.6 Å². The second-order valence-electron chi connectivity index (χ2n) is 7.52. The Morgan fingerprint density at radius 2 is 1.83 bits per heavy atom. The number of nitrogens with zero attached hydrogens (tertiary/aromatic N) is 2. The third kappa shape index (κ3) is 7.23. The standard InChI is InChI=1S/C23H32N2O3S/c1-24(15-19-6-4-3-5-7-19)17-21(26)18-28-23-14-20(8-9-22(23)27-2)16-25-10-12-29-13-11-25/h3-9,14,21,26H,10-13,15-18H2,1-2H3. The second-order valence-corrected chi connectivity index (χ2v) is 8.75. The highest BCUT2D eigenvalue weighted by Gasteiger charge is 2.15. The van der Waals surface area contributed by atoms with Crippen molar-refractivity contribution in [1.29, 1.82) is 0 Å². The number of benzene rings is 2. The molecule has 0 saturated carbocycles. The summed E-state index contributed by atoms with van der Waals surface area (Å²) in [5, 5.41) is 10.4. The lowest BCUT2D eigenvalue weighted by Gasteiger charge is -2.26. The summed E-state index contributed by atoms with van der Waals surface area (Å²) in [5.41, 5.74) is 2.44. The molecule has 0 aromatic heterocycles. The average molecular weight is 417 g/mol. The highest BCUT2D eigenvalue weighted by Crippen LogP contribution is 2.29. The number of aliphatic hydroxyl groups is 1. The molecule has 158 valence electrons. The Balaban J connectivity index is 1.51. The fourth-order valence-electron chi connectivity index (χ4n) is 3.51. The van der Waals surface area contributed by atoms with E-state index >= 15 is 0 Å². The van der Waals surface area contributed by atoms with Gasteiger partial charge in [-0.25, -0.2) is 0 Å². The molecule has 1 aliphatic rings. The lowest BCUT2D eigenvalue weighted by Crippen LogP contribution is -2.33. The van der Waals surface area contributed by atoms with E-state index in [2.05, 4.69) is 28.0 Å². The fourth-order valence-corrected chi connectivity index (χ4v) is 4.49. The normalized spacial score (nSPS) is 16.0. The van der Waals surface area contributed by atoms with Crippen LogP contribution in [-0.4, -0.2) is 72.9 Å². The molecule has 1 N–H and O–H groups in total. The smallest absolute Gasteiger partial charge is 0.161 e. The third-order valence-electron chi connectivity index (χ3n) is 4.99. The van der Waals surface area contributed by atoms with Gasteiger partial charge < -0.3 is 14.6 Å². The number of aliphatic hydroxyl groups excluding tert-OH is 1. The van der Waals surface area contributed by atoms with Gasteiger partial charge in [-0.1, -0.05) is 36.4 Å². The van der Waals surface area contributed by atoms with Crippen LogP contribution in [0.2, 0.25) is 0 Å². The molecule has 2 aromatic rings. The number of thioether (sulfide) groups is 1. The Bertz CT molecular complexity index is 738. The van der Waals surface area contributed by atoms with Gasteiger partial charge in [-0.2, -0.15) is 11.8 Å². The maximum Gasteiger partial charge on any atom is 0.161 e. The van der Waals surface area contributed by atoms with Crippen LogP contribution in [0.5, 0.6) is 11.5 Å². The molecule has 1 unspecified atom stereocenters. The van der Waals surface area contributed by atoms with Gasteiger partial charge in [-0.3, -0.25) is 9.80 Å². The summed E-state index contributed by atoms with van der Waals surface area (Å²) < 4.78 is 11.4. The van der Waals surface area contributed by atoms with E-state index in [0.29, 0.717) is 18.0 Å². The minimum Gasteiger partial charge on any atom is -0.493 e. The first-order valence-electron chi connectivity index (χ1n) is 10.1. The van der Waals surface area contributed by atoms with Crippen molar-refractivity contribution in [3.63, 3.8) is 0 Å². The molecule has 1 saturated heterocycles. The van der Waals surface area contributed by atoms with Crippen LogP contribution in [0.3, 0.4) is 0 Å². The highest BCUT2D eigenvalue weighted by atomic mass is 32.2. The predicted molar refractivity (Wildman–Crippen MR) is 120 cm³/mol. The number of ether oxygens (including phenoxy) is 2. The van der Waals surface area contributed by atoms with Gasteiger partial charge in [-0.15, -0.1) is 0 Å². The van der Waals surface area contributed by atoms with E-state index in [1.807, 2.05) is 49.1 Å². The lowest BCUT2D eigenvalue weighted by atomic mass is 10.2. The molecule has 1 heterocycles. The zero-order valence-electron chi connectivity index (χ0n) is 17.4. The van der Waals surface area contributed by atoms with E-state index in [1.165, 1.54) is 22.6 Å². The summed E-state index contributed by atoms with van der Waals surface area (Å²) in [5.74, 6) is 3.79. The van der Waals surface area contributed by atoms with Gasteiger partial charge in [0.25, 0.3) is 0 Å². The van der Waals surface area contributed by atoms with Crippen molar-refractivity contribution >= 4 is 11.8 Å². The number of rotatable bonds is 10. The second kappa shape index (κ2) is 11.5. The van der Waals surface area contributed by atoms with Gasteiger partial charge >= 0.3 is 0 Å². The number of likely N-dealkylation sites (N-methyl/N-ethyl adjacent to an activating group) is 1. The van der Waals surface area contributed by atoms with Crippen LogP contribution in [0.25, 0.3) is 0 Å². The van der Waals surface area contributed by atoms with Crippen molar-refractivity contribution in [2.45, 2.75) is 19.2 Å². The SMILES string of the molecule is COc1ccc(CN2CCSCC2)cc1OCC(O)CN(C)Cc1ccccc1. The Kier molecular flexibility index (Phi) is 8.68. The summed E-state index contributed by atoms with van der Waals surface area (Å²) in [4.78, 5) is 4.57. The third-order valence-corrected chi connectivity index (χ3v) is 5.93. The lowest BCUT2D eigenvalue weighted by molar-refractivity contribution is 0.0732. The van der Waals surface area contributed by atoms with Crippen molar-refractivity contribution in [2.75, 3.05) is 51.9 Å². The fraction of sp³-hybridized carbons (Fsp3) is 0.478. The molecule has 2 aromatic carbocycles. The first-order chi connectivity index (χ1) is 14.1. The van der Waals surface area contributed by atoms with E-state index in [4.69, 9.17) is 9.47 Å². The topological polar surface area (TPSA) is 45.2 Å². The zero-order valence-corrected chi connectivity index (χ0v) is 18.2. The quantitative estimate of drug-likeness (QED) is 0.642. The molecule has 29 heavy (non-hydrogen) atoms. The van der Waals surface area contributed by atoms with Crippen LogP contribution in [0.15, 0.2) is 48.5 Å². The van der Waals surface area contributed by atoms with Crippen LogP contribution in [-0.2, 0) is 13.1 Å². The minimum atomic E-state index is -0.573. The van der Waals surface area contributed by atoms with Crippen LogP contribution in [0.4, 0.5) is 0 Å². The Hall–Kier alpha value is -1.73. The van der Waals surface area contributed by atoms with Crippen LogP contribution in [0, 0.1) is 0 Å². The Morgan fingerprint density at radius 1 is 1.07 bits per heavy atom. The average Bonchev–Trinajstić information content (AvgIpc) is 2.74. The molecule has 1 atom stereocenters. The molecule has 1 fully saturated rings. The highest BCUT2D eigenvalue weighted by molar-refractivity contribution is 7.99. The summed E-state index contributed by atoms with van der Waals surface area (Å²) in [6.45, 7) is 4.74. The molecule has 5 nitrogen and oxygen atoms in total. The van der Waals surface area contributed by atoms with Crippen LogP contribution in [0.1, 0.15) is 11.1 Å². The first-order valence-corrected chi connectivity index (χ1v) is 11.3. The van der Waals surface area contributed by atoms with Gasteiger partial charge in [0.1, 0.15) is 12.7 Å². The number of hydrogen-bond donors (Lipinski definition) is 1. The summed E-state index contributed by atoms with van der Waals surface area (Å²) in [6.07, 6.45) is -0.573. The number of methoxy groups -OCH3 is 1. The van der Waals surface area contributed by atoms with Gasteiger partial charge in [0.2, 0.25) is 0 Å². The Morgan fingerprint density at radius 3 is 2.55 bits per heavy atom. The maximum atomic E-state index is 10.4. The van der Waals surface area contributed by atoms with E-state index in [0.717, 1.165) is 26.2 Å². The number of hydrogen-bond acceptors (Lipinski definition) is 6. The molecule has 1 aliphatic heterocycles. The Labute approximate surface area is 178 Å². The van der Waals surface area contributed by atoms with Gasteiger partial charge in [0, 0.05) is 44.2 Å². The van der Waals surface area contributed by atoms with Crippen molar-refractivity contribution in [3.8, 4) is 11.5 Å². The van der Waals surface area contributed by atoms with E-state index < -0.39 is 6.10 Å². The molecule has 0 aliphatic carbocycles. The van der Waals surface area contributed by atoms with E-state index in [-0.39, 0.29) is 6.61 Å². The van der Waals surface area contributed by atoms with Gasteiger partial charge in [0.05, 0.1) is 7.11 Å². The largest absolute Gasteiger partial charge is 0.493 e. The molecule has 0 spiro atoms. The van der Waals surface area contributed by atoms with Gasteiger partial charge in [0.15, 0.2) is 11.5 Å². The minimum absolute atomic E-state index is 0.235. The molecule has 6 heteroatoms. The maximum absolute atomic E-state index is 10.4. The first kappa shape index (κ1) is 22.0. The van der Waals surface area contributed by atoms with Crippen LogP contribution >= 0.6 is 11.8 Å². The summed E-state index contributed by atoms with van der Waals surface area (Å²) >= 11 is 2.02. The van der Waals surface area contributed by atoms with E-state index in [9.17, 15) is 5.11 Å². The summed E-state index contributed by atoms with van der Waals surface area (Å²) in [7, 11) is 3.65. The van der Waals surface area contributed by atoms with Gasteiger partial charge in [-0.05, 0) is 30.3 Å². The van der Waals surface area contributed by atoms with E-state index in [1.54, 1.807) is 7.11 Å². The predicted octanol–water partition coefficient (Wildman–Crippen LogP) is 3.12. The van der Waals surface area contributed by atoms with Crippen molar-refractivity contribution in [2.24, 2.45) is 0 Å². The zero-order chi connectivity index (χ0) is 20.5. The summed E-state index contributed by atoms with van der Waals surface area (Å²) in [6, 6.07) is 16.4.